The van der Waals surface area contributed by atoms with Gasteiger partial charge in [-0.15, -0.1) is 0 Å². The molecule has 0 fully saturated rings. The predicted octanol–water partition coefficient (Wildman–Crippen LogP) is 1.95. The molecule has 0 amide bonds. The number of nitrogens with zero attached hydrogens (tertiary/aromatic N) is 1. The molecule has 0 radical (unpaired) electrons. The van der Waals surface area contributed by atoms with Crippen molar-refractivity contribution in [1.29, 1.82) is 0 Å². The predicted molar refractivity (Wildman–Crippen MR) is 55.6 cm³/mol. The topological polar surface area (TPSA) is 61.6 Å². The van der Waals surface area contributed by atoms with E-state index < -0.39 is 4.92 Å². The average molecular weight is 209 g/mol. The zero-order chi connectivity index (χ0) is 11.3. The highest BCUT2D eigenvalue weighted by atomic mass is 16.6. The van der Waals surface area contributed by atoms with E-state index in [1.807, 2.05) is 0 Å². The van der Waals surface area contributed by atoms with Gasteiger partial charge in [0.1, 0.15) is 11.5 Å². The molecule has 0 unspecified atom stereocenters. The van der Waals surface area contributed by atoms with Crippen LogP contribution >= 0.6 is 0 Å². The van der Waals surface area contributed by atoms with Gasteiger partial charge in [-0.05, 0) is 18.2 Å². The van der Waals surface area contributed by atoms with E-state index in [4.69, 9.17) is 9.47 Å². The second-order valence-corrected chi connectivity index (χ2v) is 2.71. The van der Waals surface area contributed by atoms with Gasteiger partial charge in [0.2, 0.25) is 6.20 Å². The van der Waals surface area contributed by atoms with Crippen LogP contribution < -0.4 is 9.47 Å². The van der Waals surface area contributed by atoms with Gasteiger partial charge in [-0.2, -0.15) is 0 Å². The number of ether oxygens (including phenoxy) is 2. The molecule has 5 heteroatoms. The lowest BCUT2D eigenvalue weighted by Crippen LogP contribution is -1.90. The van der Waals surface area contributed by atoms with Crippen molar-refractivity contribution in [2.75, 3.05) is 14.2 Å². The summed E-state index contributed by atoms with van der Waals surface area (Å²) in [6.07, 6.45) is 2.22. The summed E-state index contributed by atoms with van der Waals surface area (Å²) < 4.78 is 10.0. The molecule has 0 aliphatic heterocycles. The van der Waals surface area contributed by atoms with Crippen LogP contribution in [-0.4, -0.2) is 19.1 Å². The fourth-order valence-electron chi connectivity index (χ4n) is 1.11. The molecule has 15 heavy (non-hydrogen) atoms. The minimum absolute atomic E-state index is 0.529. The van der Waals surface area contributed by atoms with Crippen molar-refractivity contribution in [3.63, 3.8) is 0 Å². The normalized spacial score (nSPS) is 10.3. The van der Waals surface area contributed by atoms with Gasteiger partial charge in [0.15, 0.2) is 0 Å². The Labute approximate surface area is 87.1 Å². The summed E-state index contributed by atoms with van der Waals surface area (Å²) in [5, 5.41) is 10.2. The first-order chi connectivity index (χ1) is 7.17. The zero-order valence-corrected chi connectivity index (χ0v) is 8.47. The molecule has 0 saturated carbocycles. The molecule has 0 aliphatic carbocycles. The van der Waals surface area contributed by atoms with Crippen molar-refractivity contribution in [3.05, 3.63) is 40.1 Å². The molecule has 0 N–H and O–H groups in total. The van der Waals surface area contributed by atoms with Crippen LogP contribution in [0.5, 0.6) is 11.5 Å². The summed E-state index contributed by atoms with van der Waals surface area (Å²) in [6, 6.07) is 5.08. The second kappa shape index (κ2) is 4.99. The van der Waals surface area contributed by atoms with Crippen LogP contribution in [0.4, 0.5) is 0 Å². The van der Waals surface area contributed by atoms with E-state index in [-0.39, 0.29) is 0 Å². The molecular weight excluding hydrogens is 198 g/mol. The summed E-state index contributed by atoms with van der Waals surface area (Å²) in [6.45, 7) is 0. The van der Waals surface area contributed by atoms with Gasteiger partial charge in [0.25, 0.3) is 0 Å². The van der Waals surface area contributed by atoms with Crippen molar-refractivity contribution in [1.82, 2.24) is 0 Å². The van der Waals surface area contributed by atoms with Crippen molar-refractivity contribution < 1.29 is 14.4 Å². The van der Waals surface area contributed by atoms with Crippen molar-refractivity contribution in [2.24, 2.45) is 0 Å². The molecule has 0 aromatic heterocycles. The van der Waals surface area contributed by atoms with Crippen LogP contribution in [0.1, 0.15) is 5.56 Å². The van der Waals surface area contributed by atoms with Gasteiger partial charge in [0, 0.05) is 11.6 Å². The van der Waals surface area contributed by atoms with Gasteiger partial charge in [-0.25, -0.2) is 0 Å². The minimum atomic E-state index is -0.529. The lowest BCUT2D eigenvalue weighted by atomic mass is 10.2. The molecule has 0 spiro atoms. The first kappa shape index (κ1) is 11.0. The van der Waals surface area contributed by atoms with Crippen LogP contribution in [-0.2, 0) is 0 Å². The van der Waals surface area contributed by atoms with Crippen molar-refractivity contribution in [3.8, 4) is 11.5 Å². The standard InChI is InChI=1S/C10H11NO4/c1-14-9-3-4-10(15-2)8(7-9)5-6-11(12)13/h3-7H,1-2H3/b6-5-. The summed E-state index contributed by atoms with van der Waals surface area (Å²) in [5.74, 6) is 1.19. The Kier molecular flexibility index (Phi) is 3.68. The summed E-state index contributed by atoms with van der Waals surface area (Å²) in [5.41, 5.74) is 0.605. The van der Waals surface area contributed by atoms with Crippen LogP contribution in [0.25, 0.3) is 6.08 Å². The fraction of sp³-hybridized carbons (Fsp3) is 0.200. The lowest BCUT2D eigenvalue weighted by molar-refractivity contribution is -0.400. The number of methoxy groups -OCH3 is 2. The van der Waals surface area contributed by atoms with Gasteiger partial charge in [-0.1, -0.05) is 0 Å². The molecule has 1 aromatic carbocycles. The smallest absolute Gasteiger partial charge is 0.235 e. The van der Waals surface area contributed by atoms with Crippen LogP contribution in [0.2, 0.25) is 0 Å². The Bertz CT molecular complexity index is 387. The SMILES string of the molecule is COc1ccc(OC)c(/C=C\[N+](=O)[O-])c1. The van der Waals surface area contributed by atoms with Crippen LogP contribution in [0.3, 0.4) is 0 Å². The van der Waals surface area contributed by atoms with E-state index in [2.05, 4.69) is 0 Å². The Morgan fingerprint density at radius 2 is 2.07 bits per heavy atom. The molecule has 0 aliphatic rings. The van der Waals surface area contributed by atoms with E-state index in [0.717, 1.165) is 6.20 Å². The van der Waals surface area contributed by atoms with Gasteiger partial charge in [0.05, 0.1) is 19.1 Å². The molecule has 5 nitrogen and oxygen atoms in total. The maximum Gasteiger partial charge on any atom is 0.235 e. The first-order valence-corrected chi connectivity index (χ1v) is 4.21. The summed E-state index contributed by atoms with van der Waals surface area (Å²) >= 11 is 0. The first-order valence-electron chi connectivity index (χ1n) is 4.21. The second-order valence-electron chi connectivity index (χ2n) is 2.71. The number of rotatable bonds is 4. The molecular formula is C10H11NO4. The third-order valence-corrected chi connectivity index (χ3v) is 1.81. The molecule has 0 bridgehead atoms. The Morgan fingerprint density at radius 1 is 1.33 bits per heavy atom. The fourth-order valence-corrected chi connectivity index (χ4v) is 1.11. The summed E-state index contributed by atoms with van der Waals surface area (Å²) in [7, 11) is 3.04. The maximum absolute atomic E-state index is 10.2. The van der Waals surface area contributed by atoms with E-state index in [1.165, 1.54) is 20.3 Å². The Hall–Kier alpha value is -2.04. The molecule has 0 atom stereocenters. The monoisotopic (exact) mass is 209 g/mol. The highest BCUT2D eigenvalue weighted by Gasteiger charge is 2.02. The molecule has 80 valence electrons. The average Bonchev–Trinajstić information content (AvgIpc) is 2.25. The Morgan fingerprint density at radius 3 is 2.60 bits per heavy atom. The molecule has 1 rings (SSSR count). The third-order valence-electron chi connectivity index (χ3n) is 1.81. The number of hydrogen-bond donors (Lipinski definition) is 0. The largest absolute Gasteiger partial charge is 0.497 e. The van der Waals surface area contributed by atoms with E-state index in [0.29, 0.717) is 17.1 Å². The molecule has 1 aromatic rings. The van der Waals surface area contributed by atoms with Gasteiger partial charge in [-0.3, -0.25) is 10.1 Å². The van der Waals surface area contributed by atoms with Gasteiger partial charge < -0.3 is 9.47 Å². The number of nitro groups is 1. The Balaban J connectivity index is 3.06. The lowest BCUT2D eigenvalue weighted by Gasteiger charge is -2.06. The minimum Gasteiger partial charge on any atom is -0.497 e. The zero-order valence-electron chi connectivity index (χ0n) is 8.47. The molecule has 0 saturated heterocycles. The number of benzene rings is 1. The number of hydrogen-bond acceptors (Lipinski definition) is 4. The van der Waals surface area contributed by atoms with E-state index in [1.54, 1.807) is 18.2 Å². The highest BCUT2D eigenvalue weighted by molar-refractivity contribution is 5.58. The highest BCUT2D eigenvalue weighted by Crippen LogP contribution is 2.24. The van der Waals surface area contributed by atoms with Crippen LogP contribution in [0, 0.1) is 10.1 Å². The van der Waals surface area contributed by atoms with Crippen LogP contribution in [0.15, 0.2) is 24.4 Å². The van der Waals surface area contributed by atoms with Crippen molar-refractivity contribution >= 4 is 6.08 Å². The molecule has 0 heterocycles. The van der Waals surface area contributed by atoms with E-state index in [9.17, 15) is 10.1 Å². The third kappa shape index (κ3) is 2.98. The van der Waals surface area contributed by atoms with Crippen molar-refractivity contribution in [2.45, 2.75) is 0 Å². The van der Waals surface area contributed by atoms with E-state index >= 15 is 0 Å². The quantitative estimate of drug-likeness (QED) is 0.561. The van der Waals surface area contributed by atoms with Gasteiger partial charge >= 0.3 is 0 Å². The maximum atomic E-state index is 10.2. The summed E-state index contributed by atoms with van der Waals surface area (Å²) in [4.78, 5) is 9.64.